The highest BCUT2D eigenvalue weighted by atomic mass is 35.5. The number of amides is 1. The Morgan fingerprint density at radius 1 is 1.44 bits per heavy atom. The topological polar surface area (TPSA) is 41.6 Å². The van der Waals surface area contributed by atoms with E-state index in [0.717, 1.165) is 19.4 Å². The minimum atomic E-state index is -0.262. The number of hydrogen-bond donors (Lipinski definition) is 1. The van der Waals surface area contributed by atoms with Gasteiger partial charge in [0.05, 0.1) is 6.61 Å². The predicted molar refractivity (Wildman–Crippen MR) is 64.9 cm³/mol. The van der Waals surface area contributed by atoms with E-state index in [4.69, 9.17) is 4.74 Å². The fourth-order valence-electron chi connectivity index (χ4n) is 2.10. The van der Waals surface area contributed by atoms with Crippen molar-refractivity contribution >= 4 is 18.3 Å². The number of nitrogens with one attached hydrogen (secondary N) is 1. The van der Waals surface area contributed by atoms with Gasteiger partial charge in [0.15, 0.2) is 0 Å². The largest absolute Gasteiger partial charge is 0.366 e. The van der Waals surface area contributed by atoms with Crippen LogP contribution in [0.1, 0.15) is 26.7 Å². The van der Waals surface area contributed by atoms with E-state index >= 15 is 0 Å². The molecule has 5 heteroatoms. The lowest BCUT2D eigenvalue weighted by atomic mass is 10.2. The lowest BCUT2D eigenvalue weighted by molar-refractivity contribution is -0.147. The maximum atomic E-state index is 12.2. The fraction of sp³-hybridized carbons (Fsp3) is 0.909. The van der Waals surface area contributed by atoms with E-state index in [9.17, 15) is 4.79 Å². The number of halogens is 1. The molecule has 1 amide bonds. The van der Waals surface area contributed by atoms with Gasteiger partial charge < -0.3 is 15.0 Å². The summed E-state index contributed by atoms with van der Waals surface area (Å²) in [5, 5.41) is 3.20. The third kappa shape index (κ3) is 3.09. The van der Waals surface area contributed by atoms with E-state index in [1.54, 1.807) is 0 Å². The molecule has 0 aromatic rings. The van der Waals surface area contributed by atoms with E-state index in [2.05, 4.69) is 19.2 Å². The van der Waals surface area contributed by atoms with Crippen LogP contribution in [0.5, 0.6) is 0 Å². The van der Waals surface area contributed by atoms with Crippen LogP contribution in [0.15, 0.2) is 0 Å². The second-order valence-corrected chi connectivity index (χ2v) is 4.63. The highest BCUT2D eigenvalue weighted by Crippen LogP contribution is 2.29. The standard InChI is InChI=1S/C11H20N2O2.ClH/c1-8(2)13(9-3-4-9)11(14)10-7-12-5-6-15-10;/h8-10,12H,3-7H2,1-2H3;1H/t10-;/m0./s1. The van der Waals surface area contributed by atoms with Crippen molar-refractivity contribution in [3.8, 4) is 0 Å². The number of carbonyl (C=O) groups is 1. The van der Waals surface area contributed by atoms with Crippen molar-refractivity contribution in [1.29, 1.82) is 0 Å². The van der Waals surface area contributed by atoms with Crippen molar-refractivity contribution in [2.75, 3.05) is 19.7 Å². The minimum Gasteiger partial charge on any atom is -0.366 e. The van der Waals surface area contributed by atoms with Gasteiger partial charge in [-0.25, -0.2) is 0 Å². The van der Waals surface area contributed by atoms with Crippen LogP contribution in [-0.4, -0.2) is 48.7 Å². The Bertz CT molecular complexity index is 236. The van der Waals surface area contributed by atoms with Crippen molar-refractivity contribution in [2.45, 2.75) is 44.9 Å². The van der Waals surface area contributed by atoms with Crippen LogP contribution in [0.4, 0.5) is 0 Å². The van der Waals surface area contributed by atoms with Gasteiger partial charge in [-0.15, -0.1) is 12.4 Å². The summed E-state index contributed by atoms with van der Waals surface area (Å²) in [6, 6.07) is 0.763. The molecule has 0 unspecified atom stereocenters. The molecule has 1 atom stereocenters. The van der Waals surface area contributed by atoms with Crippen LogP contribution in [0, 0.1) is 0 Å². The van der Waals surface area contributed by atoms with Crippen molar-refractivity contribution < 1.29 is 9.53 Å². The Kier molecular flexibility index (Phi) is 5.02. The number of rotatable bonds is 3. The molecule has 4 nitrogen and oxygen atoms in total. The third-order valence-corrected chi connectivity index (χ3v) is 2.95. The van der Waals surface area contributed by atoms with Crippen molar-refractivity contribution in [2.24, 2.45) is 0 Å². The van der Waals surface area contributed by atoms with Crippen LogP contribution < -0.4 is 5.32 Å². The molecular weight excluding hydrogens is 228 g/mol. The molecule has 1 saturated heterocycles. The van der Waals surface area contributed by atoms with E-state index in [1.165, 1.54) is 0 Å². The first kappa shape index (κ1) is 13.7. The number of hydrogen-bond acceptors (Lipinski definition) is 3. The minimum absolute atomic E-state index is 0. The third-order valence-electron chi connectivity index (χ3n) is 2.95. The molecule has 0 aromatic heterocycles. The zero-order valence-electron chi connectivity index (χ0n) is 9.94. The summed E-state index contributed by atoms with van der Waals surface area (Å²) in [6.07, 6.45) is 2.05. The fourth-order valence-corrected chi connectivity index (χ4v) is 2.10. The molecule has 16 heavy (non-hydrogen) atoms. The maximum Gasteiger partial charge on any atom is 0.253 e. The van der Waals surface area contributed by atoms with Crippen LogP contribution in [-0.2, 0) is 9.53 Å². The number of carbonyl (C=O) groups excluding carboxylic acids is 1. The molecule has 0 radical (unpaired) electrons. The van der Waals surface area contributed by atoms with Gasteiger partial charge in [0.1, 0.15) is 6.10 Å². The van der Waals surface area contributed by atoms with Crippen molar-refractivity contribution in [3.63, 3.8) is 0 Å². The van der Waals surface area contributed by atoms with Crippen LogP contribution in [0.3, 0.4) is 0 Å². The average molecular weight is 249 g/mol. The van der Waals surface area contributed by atoms with Gasteiger partial charge in [-0.3, -0.25) is 4.79 Å². The van der Waals surface area contributed by atoms with Crippen LogP contribution >= 0.6 is 12.4 Å². The molecule has 0 spiro atoms. The van der Waals surface area contributed by atoms with Gasteiger partial charge >= 0.3 is 0 Å². The zero-order chi connectivity index (χ0) is 10.8. The molecule has 1 aliphatic carbocycles. The van der Waals surface area contributed by atoms with Gasteiger partial charge in [0.25, 0.3) is 5.91 Å². The Morgan fingerprint density at radius 3 is 2.56 bits per heavy atom. The molecule has 1 heterocycles. The second kappa shape index (κ2) is 5.84. The molecule has 1 saturated carbocycles. The summed E-state index contributed by atoms with van der Waals surface area (Å²) >= 11 is 0. The highest BCUT2D eigenvalue weighted by molar-refractivity contribution is 5.85. The first-order valence-electron chi connectivity index (χ1n) is 5.84. The molecular formula is C11H21ClN2O2. The summed E-state index contributed by atoms with van der Waals surface area (Å²) in [5.41, 5.74) is 0. The summed E-state index contributed by atoms with van der Waals surface area (Å²) < 4.78 is 5.50. The van der Waals surface area contributed by atoms with Gasteiger partial charge in [-0.2, -0.15) is 0 Å². The van der Waals surface area contributed by atoms with Crippen LogP contribution in [0.25, 0.3) is 0 Å². The number of nitrogens with zero attached hydrogens (tertiary/aromatic N) is 1. The van der Waals surface area contributed by atoms with Gasteiger partial charge in [0.2, 0.25) is 0 Å². The SMILES string of the molecule is CC(C)N(C(=O)[C@@H]1CNCCO1)C1CC1.Cl. The van der Waals surface area contributed by atoms with E-state index in [-0.39, 0.29) is 30.5 Å². The molecule has 94 valence electrons. The van der Waals surface area contributed by atoms with Gasteiger partial charge in [-0.1, -0.05) is 0 Å². The Hall–Kier alpha value is -0.320. The first-order chi connectivity index (χ1) is 7.20. The smallest absolute Gasteiger partial charge is 0.253 e. The maximum absolute atomic E-state index is 12.2. The Labute approximate surface area is 103 Å². The lowest BCUT2D eigenvalue weighted by Crippen LogP contribution is -2.52. The molecule has 1 N–H and O–H groups in total. The van der Waals surface area contributed by atoms with Gasteiger partial charge in [0, 0.05) is 25.2 Å². The van der Waals surface area contributed by atoms with E-state index in [1.807, 2.05) is 4.90 Å². The summed E-state index contributed by atoms with van der Waals surface area (Å²) in [6.45, 7) is 6.32. The highest BCUT2D eigenvalue weighted by Gasteiger charge is 2.38. The van der Waals surface area contributed by atoms with E-state index < -0.39 is 0 Å². The lowest BCUT2D eigenvalue weighted by Gasteiger charge is -2.32. The zero-order valence-corrected chi connectivity index (χ0v) is 10.8. The summed E-state index contributed by atoms with van der Waals surface area (Å²) in [7, 11) is 0. The molecule has 2 fully saturated rings. The Morgan fingerprint density at radius 2 is 2.12 bits per heavy atom. The number of morpholine rings is 1. The van der Waals surface area contributed by atoms with Crippen molar-refractivity contribution in [3.05, 3.63) is 0 Å². The molecule has 1 aliphatic heterocycles. The van der Waals surface area contributed by atoms with Gasteiger partial charge in [-0.05, 0) is 26.7 Å². The van der Waals surface area contributed by atoms with Crippen molar-refractivity contribution in [1.82, 2.24) is 10.2 Å². The molecule has 0 bridgehead atoms. The second-order valence-electron chi connectivity index (χ2n) is 4.63. The summed E-state index contributed by atoms with van der Waals surface area (Å²) in [5.74, 6) is 0.166. The first-order valence-corrected chi connectivity index (χ1v) is 5.84. The molecule has 2 aliphatic rings. The normalized spacial score (nSPS) is 25.1. The summed E-state index contributed by atoms with van der Waals surface area (Å²) in [4.78, 5) is 14.2. The predicted octanol–water partition coefficient (Wildman–Crippen LogP) is 0.796. The number of ether oxygens (including phenoxy) is 1. The van der Waals surface area contributed by atoms with Crippen LogP contribution in [0.2, 0.25) is 0 Å². The molecule has 2 rings (SSSR count). The average Bonchev–Trinajstić information content (AvgIpc) is 3.03. The monoisotopic (exact) mass is 248 g/mol. The molecule has 0 aromatic carbocycles. The Balaban J connectivity index is 0.00000128. The quantitative estimate of drug-likeness (QED) is 0.803. The van der Waals surface area contributed by atoms with E-state index in [0.29, 0.717) is 19.2 Å².